The van der Waals surface area contributed by atoms with Gasteiger partial charge < -0.3 is 10.1 Å². The molecule has 0 saturated carbocycles. The zero-order valence-corrected chi connectivity index (χ0v) is 14.9. The molecule has 1 heterocycles. The van der Waals surface area contributed by atoms with Crippen LogP contribution in [-0.4, -0.2) is 12.5 Å². The molecule has 0 aromatic heterocycles. The van der Waals surface area contributed by atoms with Crippen molar-refractivity contribution in [3.63, 3.8) is 0 Å². The third kappa shape index (κ3) is 3.46. The summed E-state index contributed by atoms with van der Waals surface area (Å²) < 4.78 is 6.38. The van der Waals surface area contributed by atoms with Crippen LogP contribution in [-0.2, 0) is 15.1 Å². The number of nitrogens with one attached hydrogen (secondary N) is 1. The van der Waals surface area contributed by atoms with Crippen LogP contribution >= 0.6 is 0 Å². The van der Waals surface area contributed by atoms with Gasteiger partial charge in [0, 0.05) is 24.1 Å². The van der Waals surface area contributed by atoms with Gasteiger partial charge >= 0.3 is 0 Å². The first kappa shape index (κ1) is 17.3. The van der Waals surface area contributed by atoms with Crippen LogP contribution in [0.15, 0.2) is 72.0 Å². The predicted molar refractivity (Wildman–Crippen MR) is 100.0 cm³/mol. The minimum absolute atomic E-state index is 0.0142. The number of rotatable bonds is 6. The van der Waals surface area contributed by atoms with Crippen LogP contribution in [0.4, 0.5) is 0 Å². The van der Waals surface area contributed by atoms with Crippen molar-refractivity contribution in [3.8, 4) is 0 Å². The number of benzene rings is 2. The molecule has 3 nitrogen and oxygen atoms in total. The summed E-state index contributed by atoms with van der Waals surface area (Å²) in [7, 11) is 0. The third-order valence-corrected chi connectivity index (χ3v) is 4.75. The van der Waals surface area contributed by atoms with Crippen molar-refractivity contribution in [2.45, 2.75) is 38.7 Å². The molecular weight excluding hydrogens is 310 g/mol. The largest absolute Gasteiger partial charge is 0.482 e. The first-order valence-electron chi connectivity index (χ1n) is 8.95. The van der Waals surface area contributed by atoms with E-state index < -0.39 is 5.60 Å². The van der Waals surface area contributed by atoms with Gasteiger partial charge in [-0.05, 0) is 13.3 Å². The molecular formula is C22H25NO2. The highest BCUT2D eigenvalue weighted by molar-refractivity contribution is 5.94. The quantitative estimate of drug-likeness (QED) is 0.787. The number of unbranched alkanes of at least 4 members (excludes halogenated alkanes) is 1. The maximum Gasteiger partial charge on any atom is 0.250 e. The van der Waals surface area contributed by atoms with E-state index in [4.69, 9.17) is 4.74 Å². The van der Waals surface area contributed by atoms with Crippen LogP contribution in [0, 0.1) is 0 Å². The third-order valence-electron chi connectivity index (χ3n) is 4.75. The van der Waals surface area contributed by atoms with Crippen LogP contribution in [0.1, 0.15) is 44.2 Å². The molecule has 0 saturated heterocycles. The average molecular weight is 335 g/mol. The lowest BCUT2D eigenvalue weighted by Gasteiger charge is -2.31. The summed E-state index contributed by atoms with van der Waals surface area (Å²) in [5.41, 5.74) is 2.24. The summed E-state index contributed by atoms with van der Waals surface area (Å²) in [4.78, 5) is 12.6. The highest BCUT2D eigenvalue weighted by atomic mass is 16.5. The lowest BCUT2D eigenvalue weighted by atomic mass is 9.82. The van der Waals surface area contributed by atoms with Gasteiger partial charge in [-0.2, -0.15) is 0 Å². The Hall–Kier alpha value is -2.55. The maximum atomic E-state index is 12.6. The monoisotopic (exact) mass is 335 g/mol. The molecule has 2 aromatic rings. The smallest absolute Gasteiger partial charge is 0.250 e. The zero-order valence-electron chi connectivity index (χ0n) is 14.9. The number of carbonyl (C=O) groups is 1. The fourth-order valence-corrected chi connectivity index (χ4v) is 3.36. The minimum atomic E-state index is -0.635. The first-order chi connectivity index (χ1) is 12.2. The molecule has 1 aliphatic heterocycles. The predicted octanol–water partition coefficient (Wildman–Crippen LogP) is 4.54. The Morgan fingerprint density at radius 3 is 2.12 bits per heavy atom. The van der Waals surface area contributed by atoms with Crippen molar-refractivity contribution < 1.29 is 9.53 Å². The standard InChI is InChI=1S/C22H25NO2/c1-3-4-15-23-21(24)20-16-22(25-17(20)2,18-11-7-5-8-12-18)19-13-9-6-10-14-19/h5-14H,3-4,15-16H2,1-2H3,(H,23,24). The second-order valence-corrected chi connectivity index (χ2v) is 6.48. The van der Waals surface area contributed by atoms with Crippen molar-refractivity contribution in [1.82, 2.24) is 5.32 Å². The molecule has 0 aliphatic carbocycles. The van der Waals surface area contributed by atoms with Crippen molar-refractivity contribution in [2.75, 3.05) is 6.54 Å². The lowest BCUT2D eigenvalue weighted by Crippen LogP contribution is -2.30. The second kappa shape index (κ2) is 7.56. The number of hydrogen-bond donors (Lipinski definition) is 1. The molecule has 1 amide bonds. The van der Waals surface area contributed by atoms with E-state index in [9.17, 15) is 4.79 Å². The van der Waals surface area contributed by atoms with E-state index in [1.165, 1.54) is 0 Å². The maximum absolute atomic E-state index is 12.6. The van der Waals surface area contributed by atoms with E-state index in [1.54, 1.807) is 0 Å². The summed E-state index contributed by atoms with van der Waals surface area (Å²) in [6.07, 6.45) is 2.60. The van der Waals surface area contributed by atoms with E-state index in [2.05, 4.69) is 36.5 Å². The van der Waals surface area contributed by atoms with Gasteiger partial charge in [0.2, 0.25) is 0 Å². The van der Waals surface area contributed by atoms with Gasteiger partial charge in [-0.1, -0.05) is 74.0 Å². The molecule has 25 heavy (non-hydrogen) atoms. The van der Waals surface area contributed by atoms with Gasteiger partial charge in [0.25, 0.3) is 5.91 Å². The van der Waals surface area contributed by atoms with Crippen molar-refractivity contribution in [2.24, 2.45) is 0 Å². The van der Waals surface area contributed by atoms with E-state index >= 15 is 0 Å². The van der Waals surface area contributed by atoms with Crippen LogP contribution in [0.3, 0.4) is 0 Å². The van der Waals surface area contributed by atoms with Crippen molar-refractivity contribution in [3.05, 3.63) is 83.1 Å². The molecule has 0 unspecified atom stereocenters. The number of amides is 1. The molecule has 3 rings (SSSR count). The van der Waals surface area contributed by atoms with Gasteiger partial charge in [0.15, 0.2) is 5.60 Å². The van der Waals surface area contributed by atoms with Gasteiger partial charge in [-0.15, -0.1) is 0 Å². The first-order valence-corrected chi connectivity index (χ1v) is 8.95. The topological polar surface area (TPSA) is 38.3 Å². The summed E-state index contributed by atoms with van der Waals surface area (Å²) in [5.74, 6) is 0.696. The second-order valence-electron chi connectivity index (χ2n) is 6.48. The average Bonchev–Trinajstić information content (AvgIpc) is 3.02. The molecule has 0 fully saturated rings. The SMILES string of the molecule is CCCCNC(=O)C1=C(C)OC(c2ccccc2)(c2ccccc2)C1. The summed E-state index contributed by atoms with van der Waals surface area (Å²) in [6.45, 7) is 4.71. The molecule has 2 aromatic carbocycles. The molecule has 0 bridgehead atoms. The van der Waals surface area contributed by atoms with Crippen molar-refractivity contribution in [1.29, 1.82) is 0 Å². The highest BCUT2D eigenvalue weighted by Gasteiger charge is 2.44. The van der Waals surface area contributed by atoms with Crippen LogP contribution in [0.2, 0.25) is 0 Å². The fourth-order valence-electron chi connectivity index (χ4n) is 3.36. The Morgan fingerprint density at radius 2 is 1.60 bits per heavy atom. The number of carbonyl (C=O) groups excluding carboxylic acids is 1. The van der Waals surface area contributed by atoms with Crippen LogP contribution in [0.25, 0.3) is 0 Å². The fraction of sp³-hybridized carbons (Fsp3) is 0.318. The summed E-state index contributed by atoms with van der Waals surface area (Å²) in [5, 5.41) is 3.02. The Bertz CT molecular complexity index is 711. The molecule has 130 valence electrons. The number of allylic oxidation sites excluding steroid dienone is 1. The minimum Gasteiger partial charge on any atom is -0.482 e. The Kier molecular flexibility index (Phi) is 5.22. The van der Waals surface area contributed by atoms with E-state index in [1.807, 2.05) is 43.3 Å². The van der Waals surface area contributed by atoms with Crippen molar-refractivity contribution >= 4 is 5.91 Å². The van der Waals surface area contributed by atoms with Crippen LogP contribution < -0.4 is 5.32 Å². The summed E-state index contributed by atoms with van der Waals surface area (Å²) >= 11 is 0. The molecule has 0 radical (unpaired) electrons. The summed E-state index contributed by atoms with van der Waals surface area (Å²) in [6, 6.07) is 20.3. The zero-order chi connectivity index (χ0) is 17.7. The van der Waals surface area contributed by atoms with E-state index in [-0.39, 0.29) is 5.91 Å². The van der Waals surface area contributed by atoms with Gasteiger partial charge in [-0.25, -0.2) is 0 Å². The van der Waals surface area contributed by atoms with Gasteiger partial charge in [-0.3, -0.25) is 4.79 Å². The van der Waals surface area contributed by atoms with Gasteiger partial charge in [0.05, 0.1) is 5.57 Å². The number of hydrogen-bond acceptors (Lipinski definition) is 2. The van der Waals surface area contributed by atoms with E-state index in [0.717, 1.165) is 29.5 Å². The number of ether oxygens (including phenoxy) is 1. The molecule has 1 N–H and O–H groups in total. The highest BCUT2D eigenvalue weighted by Crippen LogP contribution is 2.46. The van der Waals surface area contributed by atoms with E-state index in [0.29, 0.717) is 18.7 Å². The van der Waals surface area contributed by atoms with Crippen LogP contribution in [0.5, 0.6) is 0 Å². The normalized spacial score (nSPS) is 15.8. The molecule has 0 atom stereocenters. The molecule has 3 heteroatoms. The van der Waals surface area contributed by atoms with Gasteiger partial charge in [0.1, 0.15) is 5.76 Å². The molecule has 1 aliphatic rings. The Balaban J connectivity index is 1.93. The molecule has 0 spiro atoms. The Labute approximate surface area is 149 Å². The Morgan fingerprint density at radius 1 is 1.04 bits per heavy atom. The lowest BCUT2D eigenvalue weighted by molar-refractivity contribution is -0.117.